The molecule has 51 heavy (non-hydrogen) atoms. The molecule has 0 unspecified atom stereocenters. The third-order valence-corrected chi connectivity index (χ3v) is 8.91. The molecule has 19 nitrogen and oxygen atoms in total. The maximum Gasteiger partial charge on any atom is 0.326 e. The van der Waals surface area contributed by atoms with E-state index in [9.17, 15) is 44.1 Å². The number of carboxylic acids is 1. The molecule has 0 saturated carbocycles. The van der Waals surface area contributed by atoms with Gasteiger partial charge in [0.1, 0.15) is 30.2 Å². The van der Waals surface area contributed by atoms with Gasteiger partial charge in [-0.2, -0.15) is 0 Å². The number of carbonyl (C=O) groups is 6. The predicted molar refractivity (Wildman–Crippen MR) is 184 cm³/mol. The molecule has 282 valence electrons. The molecule has 2 aliphatic rings. The summed E-state index contributed by atoms with van der Waals surface area (Å²) in [6.07, 6.45) is 2.28. The van der Waals surface area contributed by atoms with Crippen LogP contribution in [0.5, 0.6) is 11.5 Å². The van der Waals surface area contributed by atoms with E-state index in [2.05, 4.69) is 20.9 Å². The zero-order valence-electron chi connectivity index (χ0n) is 28.7. The lowest BCUT2D eigenvalue weighted by atomic mass is 9.92. The van der Waals surface area contributed by atoms with Gasteiger partial charge in [0, 0.05) is 26.1 Å². The van der Waals surface area contributed by atoms with E-state index in [-0.39, 0.29) is 51.4 Å². The summed E-state index contributed by atoms with van der Waals surface area (Å²) in [4.78, 5) is 85.0. The number of hydrogen-bond acceptors (Lipinski definition) is 11. The van der Waals surface area contributed by atoms with Gasteiger partial charge < -0.3 is 64.0 Å². The Labute approximate surface area is 295 Å². The van der Waals surface area contributed by atoms with E-state index >= 15 is 0 Å². The van der Waals surface area contributed by atoms with Crippen molar-refractivity contribution in [2.24, 2.45) is 27.9 Å². The van der Waals surface area contributed by atoms with Crippen molar-refractivity contribution in [2.75, 3.05) is 26.2 Å². The molecular weight excluding hydrogens is 668 g/mol. The number of unbranched alkanes of at least 4 members (excludes halogenated alkanes) is 1. The van der Waals surface area contributed by atoms with Gasteiger partial charge in [-0.1, -0.05) is 0 Å². The van der Waals surface area contributed by atoms with Crippen LogP contribution in [0, 0.1) is 0 Å². The SMILES string of the molecule is C[C@H](NC(=O)[C@@H]1CCCN1C(=O)[C@H](CCCN=C(N)N)NC(=O)CN)C(=O)N[C@@H](CCCCN)C(=O)N1Cc2cc(O)c(O)cc2C[C@@H]1C(=O)O. The van der Waals surface area contributed by atoms with E-state index in [1.54, 1.807) is 0 Å². The minimum absolute atomic E-state index is 0.116. The second-order valence-electron chi connectivity index (χ2n) is 12.7. The number of fused-ring (bicyclic) bond motifs is 1. The quantitative estimate of drug-likeness (QED) is 0.0334. The molecule has 14 N–H and O–H groups in total. The first-order chi connectivity index (χ1) is 24.2. The van der Waals surface area contributed by atoms with Crippen molar-refractivity contribution in [2.45, 2.75) is 95.0 Å². The summed E-state index contributed by atoms with van der Waals surface area (Å²) < 4.78 is 0. The topological polar surface area (TPSA) is 322 Å². The van der Waals surface area contributed by atoms with Crippen LogP contribution in [-0.4, -0.2) is 123 Å². The Morgan fingerprint density at radius 3 is 2.14 bits per heavy atom. The summed E-state index contributed by atoms with van der Waals surface area (Å²) in [6.45, 7) is 1.64. The Balaban J connectivity index is 1.72. The molecular formula is C32H50N10O9. The van der Waals surface area contributed by atoms with Crippen molar-refractivity contribution < 1.29 is 44.1 Å². The van der Waals surface area contributed by atoms with Crippen molar-refractivity contribution in [1.29, 1.82) is 0 Å². The summed E-state index contributed by atoms with van der Waals surface area (Å²) in [6, 6.07) is -3.05. The zero-order valence-corrected chi connectivity index (χ0v) is 28.7. The fraction of sp³-hybridized carbons (Fsp3) is 0.594. The van der Waals surface area contributed by atoms with E-state index < -0.39 is 77.2 Å². The first kappa shape index (κ1) is 40.3. The number of phenolic OH excluding ortho intramolecular Hbond substituents is 2. The van der Waals surface area contributed by atoms with Gasteiger partial charge in [-0.15, -0.1) is 0 Å². The maximum atomic E-state index is 13.9. The van der Waals surface area contributed by atoms with E-state index in [0.29, 0.717) is 49.8 Å². The molecule has 5 atom stereocenters. The molecule has 0 radical (unpaired) electrons. The molecule has 2 heterocycles. The Bertz CT molecular complexity index is 1490. The fourth-order valence-corrected chi connectivity index (χ4v) is 6.20. The molecule has 0 spiro atoms. The number of carboxylic acid groups (broad SMARTS) is 1. The number of nitrogens with two attached hydrogens (primary N) is 4. The first-order valence-electron chi connectivity index (χ1n) is 16.9. The normalized spacial score (nSPS) is 18.5. The molecule has 0 aliphatic carbocycles. The van der Waals surface area contributed by atoms with Gasteiger partial charge in [0.15, 0.2) is 17.5 Å². The summed E-state index contributed by atoms with van der Waals surface area (Å²) in [5.41, 5.74) is 22.7. The molecule has 0 bridgehead atoms. The van der Waals surface area contributed by atoms with Gasteiger partial charge in [0.05, 0.1) is 6.54 Å². The molecule has 2 aliphatic heterocycles. The number of hydrogen-bond donors (Lipinski definition) is 10. The number of guanidine groups is 1. The average Bonchev–Trinajstić information content (AvgIpc) is 3.58. The lowest BCUT2D eigenvalue weighted by Crippen LogP contribution is -2.59. The summed E-state index contributed by atoms with van der Waals surface area (Å²) in [7, 11) is 0. The van der Waals surface area contributed by atoms with Crippen LogP contribution < -0.4 is 38.9 Å². The summed E-state index contributed by atoms with van der Waals surface area (Å²) >= 11 is 0. The summed E-state index contributed by atoms with van der Waals surface area (Å²) in [5, 5.41) is 37.8. The highest BCUT2D eigenvalue weighted by Gasteiger charge is 2.40. The number of carbonyl (C=O) groups excluding carboxylic acids is 5. The Morgan fingerprint density at radius 2 is 1.51 bits per heavy atom. The van der Waals surface area contributed by atoms with Crippen LogP contribution in [-0.2, 0) is 41.7 Å². The number of nitrogens with one attached hydrogen (secondary N) is 3. The van der Waals surface area contributed by atoms with Gasteiger partial charge >= 0.3 is 5.97 Å². The molecule has 19 heteroatoms. The number of likely N-dealkylation sites (tertiary alicyclic amines) is 1. The standard InChI is InChI=1S/C32H50N10O9/c1-17(38-28(47)22-8-5-11-41(22)29(48)20(39-26(45)15-34)7-4-10-37-32(35)36)27(46)40-21(6-2-3-9-33)30(49)42-16-19-14-25(44)24(43)13-18(19)12-23(42)31(50)51/h13-14,17,20-23,43-44H,2-12,15-16,33-34H2,1H3,(H,38,47)(H,39,45)(H,40,46)(H,50,51)(H4,35,36,37)/t17-,20-,21-,22-,23+/m0/s1. The lowest BCUT2D eigenvalue weighted by molar-refractivity contribution is -0.153. The number of rotatable bonds is 17. The molecule has 0 aromatic heterocycles. The van der Waals surface area contributed by atoms with E-state index in [0.717, 1.165) is 4.90 Å². The van der Waals surface area contributed by atoms with Crippen LogP contribution in [0.15, 0.2) is 17.1 Å². The zero-order chi connectivity index (χ0) is 37.8. The Kier molecular flexibility index (Phi) is 14.8. The van der Waals surface area contributed by atoms with Crippen molar-refractivity contribution >= 4 is 41.5 Å². The van der Waals surface area contributed by atoms with Gasteiger partial charge in [-0.05, 0) is 81.7 Å². The third-order valence-electron chi connectivity index (χ3n) is 8.91. The Morgan fingerprint density at radius 1 is 0.882 bits per heavy atom. The smallest absolute Gasteiger partial charge is 0.326 e. The fourth-order valence-electron chi connectivity index (χ4n) is 6.20. The van der Waals surface area contributed by atoms with Crippen LogP contribution in [0.2, 0.25) is 0 Å². The van der Waals surface area contributed by atoms with Gasteiger partial charge in [0.25, 0.3) is 0 Å². The number of aromatic hydroxyl groups is 2. The number of phenols is 2. The summed E-state index contributed by atoms with van der Waals surface area (Å²) in [5.74, 6) is -5.30. The number of benzene rings is 1. The van der Waals surface area contributed by atoms with Crippen LogP contribution in [0.3, 0.4) is 0 Å². The monoisotopic (exact) mass is 718 g/mol. The highest BCUT2D eigenvalue weighted by molar-refractivity contribution is 5.96. The number of nitrogens with zero attached hydrogens (tertiary/aromatic N) is 3. The molecule has 1 fully saturated rings. The molecule has 3 rings (SSSR count). The minimum atomic E-state index is -1.31. The molecule has 1 aromatic rings. The van der Waals surface area contributed by atoms with Gasteiger partial charge in [-0.25, -0.2) is 4.79 Å². The van der Waals surface area contributed by atoms with Crippen LogP contribution in [0.1, 0.15) is 63.0 Å². The predicted octanol–water partition coefficient (Wildman–Crippen LogP) is -2.96. The second kappa shape index (κ2) is 18.7. The van der Waals surface area contributed by atoms with Crippen LogP contribution in [0.4, 0.5) is 0 Å². The third kappa shape index (κ3) is 10.9. The highest BCUT2D eigenvalue weighted by Crippen LogP contribution is 2.34. The van der Waals surface area contributed by atoms with Crippen molar-refractivity contribution in [3.63, 3.8) is 0 Å². The van der Waals surface area contributed by atoms with Crippen molar-refractivity contribution in [3.05, 3.63) is 23.3 Å². The average molecular weight is 719 g/mol. The molecule has 1 saturated heterocycles. The largest absolute Gasteiger partial charge is 0.504 e. The Hall–Kier alpha value is -5.17. The van der Waals surface area contributed by atoms with Gasteiger partial charge in [-0.3, -0.25) is 29.0 Å². The van der Waals surface area contributed by atoms with Crippen molar-refractivity contribution in [3.8, 4) is 11.5 Å². The van der Waals surface area contributed by atoms with E-state index in [1.165, 1.54) is 24.0 Å². The van der Waals surface area contributed by atoms with E-state index in [4.69, 9.17) is 22.9 Å². The van der Waals surface area contributed by atoms with Crippen LogP contribution in [0.25, 0.3) is 0 Å². The molecule has 1 aromatic carbocycles. The lowest BCUT2D eigenvalue weighted by Gasteiger charge is -2.37. The number of amides is 5. The molecule has 5 amide bonds. The minimum Gasteiger partial charge on any atom is -0.504 e. The maximum absolute atomic E-state index is 13.9. The number of aliphatic carboxylic acids is 1. The second-order valence-corrected chi connectivity index (χ2v) is 12.7. The highest BCUT2D eigenvalue weighted by atomic mass is 16.4. The first-order valence-corrected chi connectivity index (χ1v) is 16.9. The van der Waals surface area contributed by atoms with Gasteiger partial charge in [0.2, 0.25) is 29.5 Å². The number of aliphatic imine (C=N–C) groups is 1. The van der Waals surface area contributed by atoms with E-state index in [1.807, 2.05) is 0 Å². The van der Waals surface area contributed by atoms with Crippen molar-refractivity contribution in [1.82, 2.24) is 25.8 Å². The van der Waals surface area contributed by atoms with Crippen LogP contribution >= 0.6 is 0 Å².